The average molecular weight is 409 g/mol. The Morgan fingerprint density at radius 2 is 1.93 bits per heavy atom. The number of hydrogen-bond donors (Lipinski definition) is 1. The molecule has 0 atom stereocenters. The van der Waals surface area contributed by atoms with Crippen molar-refractivity contribution in [3.05, 3.63) is 98.9 Å². The van der Waals surface area contributed by atoms with Gasteiger partial charge in [0.25, 0.3) is 0 Å². The highest BCUT2D eigenvalue weighted by Crippen LogP contribution is 2.24. The van der Waals surface area contributed by atoms with Crippen LogP contribution in [0.3, 0.4) is 0 Å². The summed E-state index contributed by atoms with van der Waals surface area (Å²) in [4.78, 5) is 25.3. The van der Waals surface area contributed by atoms with Crippen molar-refractivity contribution in [3.8, 4) is 0 Å². The highest BCUT2D eigenvalue weighted by Gasteiger charge is 2.15. The lowest BCUT2D eigenvalue weighted by Gasteiger charge is -2.25. The molecule has 146 valence electrons. The van der Waals surface area contributed by atoms with Crippen LogP contribution in [0.25, 0.3) is 10.9 Å². The normalized spacial score (nSPS) is 11.0. The zero-order valence-corrected chi connectivity index (χ0v) is 16.4. The quantitative estimate of drug-likeness (QED) is 0.523. The lowest BCUT2D eigenvalue weighted by atomic mass is 10.1. The average Bonchev–Trinajstić information content (AvgIpc) is 2.71. The Hall–Kier alpha value is -3.25. The van der Waals surface area contributed by atoms with E-state index in [0.29, 0.717) is 34.9 Å². The van der Waals surface area contributed by atoms with E-state index in [-0.39, 0.29) is 11.1 Å². The number of benzene rings is 2. The molecule has 1 N–H and O–H groups in total. The second kappa shape index (κ2) is 8.01. The SMILES string of the molecule is Cc1ccc(Cl)cc1CN(Cc1cc(=O)[nH]c2c(F)cccc12)c1cnccn1. The highest BCUT2D eigenvalue weighted by molar-refractivity contribution is 6.30. The molecule has 0 aliphatic carbocycles. The van der Waals surface area contributed by atoms with Crippen molar-refractivity contribution in [2.45, 2.75) is 20.0 Å². The van der Waals surface area contributed by atoms with E-state index in [1.807, 2.05) is 30.0 Å². The van der Waals surface area contributed by atoms with Gasteiger partial charge in [-0.3, -0.25) is 9.78 Å². The van der Waals surface area contributed by atoms with E-state index in [1.165, 1.54) is 12.1 Å². The summed E-state index contributed by atoms with van der Waals surface area (Å²) in [6.07, 6.45) is 4.88. The predicted octanol–water partition coefficient (Wildman–Crippen LogP) is 4.63. The zero-order valence-electron chi connectivity index (χ0n) is 15.7. The lowest BCUT2D eigenvalue weighted by Crippen LogP contribution is -2.25. The summed E-state index contributed by atoms with van der Waals surface area (Å²) in [6, 6.07) is 12.0. The fourth-order valence-electron chi connectivity index (χ4n) is 3.34. The Bertz CT molecular complexity index is 1230. The van der Waals surface area contributed by atoms with Gasteiger partial charge >= 0.3 is 0 Å². The maximum absolute atomic E-state index is 14.2. The number of H-pyrrole nitrogens is 1. The first kappa shape index (κ1) is 19.1. The van der Waals surface area contributed by atoms with Crippen LogP contribution in [0, 0.1) is 12.7 Å². The van der Waals surface area contributed by atoms with Crippen LogP contribution >= 0.6 is 11.6 Å². The van der Waals surface area contributed by atoms with Crippen LogP contribution in [0.2, 0.25) is 5.02 Å². The smallest absolute Gasteiger partial charge is 0.248 e. The monoisotopic (exact) mass is 408 g/mol. The molecule has 2 aromatic carbocycles. The van der Waals surface area contributed by atoms with Gasteiger partial charge in [0.2, 0.25) is 5.56 Å². The van der Waals surface area contributed by atoms with Crippen LogP contribution in [0.1, 0.15) is 16.7 Å². The topological polar surface area (TPSA) is 61.9 Å². The summed E-state index contributed by atoms with van der Waals surface area (Å²) in [5.74, 6) is 0.190. The number of aromatic nitrogens is 3. The molecule has 7 heteroatoms. The summed E-state index contributed by atoms with van der Waals surface area (Å²) in [5, 5.41) is 1.30. The first-order chi connectivity index (χ1) is 14.0. The van der Waals surface area contributed by atoms with Gasteiger partial charge in [0.15, 0.2) is 0 Å². The van der Waals surface area contributed by atoms with E-state index in [9.17, 15) is 9.18 Å². The third-order valence-electron chi connectivity index (χ3n) is 4.82. The fourth-order valence-corrected chi connectivity index (χ4v) is 3.53. The Morgan fingerprint density at radius 1 is 1.10 bits per heavy atom. The van der Waals surface area contributed by atoms with Crippen LogP contribution in [-0.4, -0.2) is 15.0 Å². The molecule has 0 amide bonds. The van der Waals surface area contributed by atoms with Gasteiger partial charge in [0.05, 0.1) is 11.7 Å². The largest absolute Gasteiger partial charge is 0.347 e. The third kappa shape index (κ3) is 4.12. The molecular weight excluding hydrogens is 391 g/mol. The molecule has 2 heterocycles. The molecule has 0 aliphatic heterocycles. The predicted molar refractivity (Wildman–Crippen MR) is 113 cm³/mol. The first-order valence-corrected chi connectivity index (χ1v) is 9.45. The van der Waals surface area contributed by atoms with Crippen LogP contribution in [0.15, 0.2) is 65.8 Å². The van der Waals surface area contributed by atoms with Crippen molar-refractivity contribution in [2.75, 3.05) is 4.90 Å². The number of hydrogen-bond acceptors (Lipinski definition) is 4. The van der Waals surface area contributed by atoms with Crippen molar-refractivity contribution >= 4 is 28.3 Å². The van der Waals surface area contributed by atoms with E-state index in [0.717, 1.165) is 11.1 Å². The molecule has 0 fully saturated rings. The fraction of sp³-hybridized carbons (Fsp3) is 0.136. The standard InChI is InChI=1S/C22H18ClFN4O/c1-14-5-6-17(23)9-15(14)12-28(20-11-25-7-8-26-20)13-16-10-21(29)27-22-18(16)3-2-4-19(22)24/h2-11H,12-13H2,1H3,(H,27,29). The number of para-hydroxylation sites is 1. The van der Waals surface area contributed by atoms with Crippen molar-refractivity contribution in [1.82, 2.24) is 15.0 Å². The zero-order chi connectivity index (χ0) is 20.4. The molecule has 0 aliphatic rings. The molecular formula is C22H18ClFN4O. The van der Waals surface area contributed by atoms with E-state index < -0.39 is 5.82 Å². The maximum atomic E-state index is 14.2. The van der Waals surface area contributed by atoms with Gasteiger partial charge in [-0.2, -0.15) is 0 Å². The summed E-state index contributed by atoms with van der Waals surface area (Å²) >= 11 is 6.19. The number of fused-ring (bicyclic) bond motifs is 1. The van der Waals surface area contributed by atoms with Gasteiger partial charge in [-0.1, -0.05) is 29.8 Å². The summed E-state index contributed by atoms with van der Waals surface area (Å²) in [5.41, 5.74) is 2.67. The van der Waals surface area contributed by atoms with Gasteiger partial charge in [0.1, 0.15) is 11.6 Å². The van der Waals surface area contributed by atoms with Crippen molar-refractivity contribution < 1.29 is 4.39 Å². The first-order valence-electron chi connectivity index (χ1n) is 9.07. The Kier molecular flexibility index (Phi) is 5.27. The van der Waals surface area contributed by atoms with E-state index in [4.69, 9.17) is 11.6 Å². The van der Waals surface area contributed by atoms with Crippen LogP contribution < -0.4 is 10.5 Å². The molecule has 0 unspecified atom stereocenters. The number of halogens is 2. The van der Waals surface area contributed by atoms with Gasteiger partial charge in [-0.25, -0.2) is 9.37 Å². The number of rotatable bonds is 5. The highest BCUT2D eigenvalue weighted by atomic mass is 35.5. The molecule has 0 bridgehead atoms. The number of pyridine rings is 1. The molecule has 29 heavy (non-hydrogen) atoms. The van der Waals surface area contributed by atoms with Crippen LogP contribution in [0.4, 0.5) is 10.2 Å². The van der Waals surface area contributed by atoms with Crippen LogP contribution in [0.5, 0.6) is 0 Å². The number of nitrogens with one attached hydrogen (secondary N) is 1. The lowest BCUT2D eigenvalue weighted by molar-refractivity contribution is 0.636. The Labute approximate surface area is 171 Å². The number of aromatic amines is 1. The number of anilines is 1. The van der Waals surface area contributed by atoms with Crippen molar-refractivity contribution in [3.63, 3.8) is 0 Å². The van der Waals surface area contributed by atoms with Gasteiger partial charge < -0.3 is 9.88 Å². The molecule has 0 spiro atoms. The second-order valence-electron chi connectivity index (χ2n) is 6.81. The molecule has 0 saturated carbocycles. The number of aryl methyl sites for hydroxylation is 1. The summed E-state index contributed by atoms with van der Waals surface area (Å²) in [6.45, 7) is 2.88. The molecule has 0 radical (unpaired) electrons. The summed E-state index contributed by atoms with van der Waals surface area (Å²) in [7, 11) is 0. The Morgan fingerprint density at radius 3 is 2.72 bits per heavy atom. The molecule has 4 rings (SSSR count). The van der Waals surface area contributed by atoms with E-state index >= 15 is 0 Å². The van der Waals surface area contributed by atoms with Gasteiger partial charge in [-0.15, -0.1) is 0 Å². The Balaban J connectivity index is 1.79. The summed E-state index contributed by atoms with van der Waals surface area (Å²) < 4.78 is 14.2. The minimum atomic E-state index is -0.460. The van der Waals surface area contributed by atoms with Crippen molar-refractivity contribution in [2.24, 2.45) is 0 Å². The maximum Gasteiger partial charge on any atom is 0.248 e. The molecule has 5 nitrogen and oxygen atoms in total. The molecule has 2 aromatic heterocycles. The minimum Gasteiger partial charge on any atom is -0.347 e. The molecule has 4 aromatic rings. The number of nitrogens with zero attached hydrogens (tertiary/aromatic N) is 3. The van der Waals surface area contributed by atoms with Gasteiger partial charge in [-0.05, 0) is 41.8 Å². The third-order valence-corrected chi connectivity index (χ3v) is 5.06. The van der Waals surface area contributed by atoms with Gasteiger partial charge in [0, 0.05) is 42.0 Å². The second-order valence-corrected chi connectivity index (χ2v) is 7.25. The van der Waals surface area contributed by atoms with Crippen LogP contribution in [-0.2, 0) is 13.1 Å². The van der Waals surface area contributed by atoms with Crippen molar-refractivity contribution in [1.29, 1.82) is 0 Å². The van der Waals surface area contributed by atoms with E-state index in [1.54, 1.807) is 30.7 Å². The van der Waals surface area contributed by atoms with E-state index in [2.05, 4.69) is 15.0 Å². The molecule has 0 saturated heterocycles. The minimum absolute atomic E-state index is 0.202.